The number of aliphatic hydroxyl groups is 1. The highest BCUT2D eigenvalue weighted by molar-refractivity contribution is 6.00. The van der Waals surface area contributed by atoms with Crippen molar-refractivity contribution in [2.75, 3.05) is 11.9 Å². The van der Waals surface area contributed by atoms with Crippen LogP contribution in [0.5, 0.6) is 0 Å². The molecule has 3 N–H and O–H groups in total. The van der Waals surface area contributed by atoms with Gasteiger partial charge >= 0.3 is 11.9 Å². The van der Waals surface area contributed by atoms with Crippen LogP contribution in [0.4, 0.5) is 5.69 Å². The Morgan fingerprint density at radius 2 is 1.60 bits per heavy atom. The summed E-state index contributed by atoms with van der Waals surface area (Å²) in [5.41, 5.74) is 1.48. The van der Waals surface area contributed by atoms with E-state index in [9.17, 15) is 24.6 Å². The quantitative estimate of drug-likeness (QED) is 0.222. The number of nitrogens with one attached hydrogen (secondary N) is 1. The van der Waals surface area contributed by atoms with Crippen LogP contribution < -0.4 is 5.32 Å². The number of anilines is 1. The maximum atomic E-state index is 14.0. The molecule has 5 aliphatic rings. The molecule has 0 spiro atoms. The second kappa shape index (κ2) is 12.5. The van der Waals surface area contributed by atoms with Crippen LogP contribution >= 0.6 is 0 Å². The number of ether oxygens (including phenoxy) is 1. The summed E-state index contributed by atoms with van der Waals surface area (Å²) in [4.78, 5) is 38.8. The van der Waals surface area contributed by atoms with Gasteiger partial charge in [0.15, 0.2) is 5.78 Å². The van der Waals surface area contributed by atoms with Gasteiger partial charge in [0.25, 0.3) is 0 Å². The van der Waals surface area contributed by atoms with E-state index in [4.69, 9.17) is 4.74 Å². The molecule has 276 valence electrons. The highest BCUT2D eigenvalue weighted by Gasteiger charge is 2.70. The van der Waals surface area contributed by atoms with Crippen LogP contribution in [0.15, 0.2) is 41.5 Å². The molecule has 0 radical (unpaired) electrons. The van der Waals surface area contributed by atoms with Gasteiger partial charge in [0.05, 0.1) is 17.9 Å². The molecule has 4 saturated carbocycles. The van der Waals surface area contributed by atoms with E-state index < -0.39 is 28.9 Å². The highest BCUT2D eigenvalue weighted by atomic mass is 16.5. The molecule has 7 heteroatoms. The number of carbonyl (C=O) groups excluding carboxylic acids is 2. The molecule has 0 heterocycles. The molecule has 9 unspecified atom stereocenters. The maximum Gasteiger partial charge on any atom is 0.309 e. The topological polar surface area (TPSA) is 113 Å². The first-order chi connectivity index (χ1) is 23.2. The zero-order valence-electron chi connectivity index (χ0n) is 32.2. The lowest BCUT2D eigenvalue weighted by Gasteiger charge is -2.72. The first kappa shape index (κ1) is 37.1. The summed E-state index contributed by atoms with van der Waals surface area (Å²) >= 11 is 0. The molecule has 50 heavy (non-hydrogen) atoms. The molecule has 1 aromatic carbocycles. The van der Waals surface area contributed by atoms with Crippen LogP contribution in [0.1, 0.15) is 127 Å². The summed E-state index contributed by atoms with van der Waals surface area (Å²) < 4.78 is 6.16. The van der Waals surface area contributed by atoms with Crippen molar-refractivity contribution in [2.45, 2.75) is 139 Å². The molecule has 6 rings (SSSR count). The fraction of sp³-hybridized carbons (Fsp3) is 0.744. The predicted octanol–water partition coefficient (Wildman–Crippen LogP) is 8.85. The van der Waals surface area contributed by atoms with Crippen LogP contribution in [-0.2, 0) is 19.1 Å². The van der Waals surface area contributed by atoms with Gasteiger partial charge in [-0.05, 0) is 123 Å². The van der Waals surface area contributed by atoms with Gasteiger partial charge < -0.3 is 20.3 Å². The molecule has 9 atom stereocenters. The molecule has 1 aromatic rings. The number of Topliss-reactive ketones (excluding diaryl/α,β-unsaturated/α-hetero) is 1. The minimum Gasteiger partial charge on any atom is -0.481 e. The molecular weight excluding hydrogens is 626 g/mol. The van der Waals surface area contributed by atoms with E-state index in [0.717, 1.165) is 62.6 Å². The van der Waals surface area contributed by atoms with Gasteiger partial charge in [-0.25, -0.2) is 0 Å². The number of benzene rings is 1. The molecule has 0 aliphatic heterocycles. The average Bonchev–Trinajstić information content (AvgIpc) is 3.35. The largest absolute Gasteiger partial charge is 0.481 e. The van der Waals surface area contributed by atoms with Gasteiger partial charge in [0.1, 0.15) is 6.10 Å². The lowest BCUT2D eigenvalue weighted by Crippen LogP contribution is -2.66. The Morgan fingerprint density at radius 1 is 0.920 bits per heavy atom. The normalized spacial score (nSPS) is 38.4. The Bertz CT molecular complexity index is 1550. The summed E-state index contributed by atoms with van der Waals surface area (Å²) in [6, 6.07) is 10.0. The zero-order chi connectivity index (χ0) is 36.7. The van der Waals surface area contributed by atoms with Gasteiger partial charge in [0, 0.05) is 29.5 Å². The standard InChI is InChI=1S/C43H63NO6/c1-26(2)35-29(45)23-43(32(46)25-44-27-13-11-10-12-14-27)22-21-41(8)28(36(35)43)15-16-31-40(7)19-18-33(50-34(47)24-38(3,4)37(48)49)39(5,6)30(40)17-20-42(31,41)9/h10-14,26,28,30-33,44,46H,15-25H2,1-9H3,(H,48,49). The van der Waals surface area contributed by atoms with Crippen molar-refractivity contribution >= 4 is 23.4 Å². The smallest absolute Gasteiger partial charge is 0.309 e. The number of carboxylic acid groups (broad SMARTS) is 1. The summed E-state index contributed by atoms with van der Waals surface area (Å²) in [6.45, 7) is 20.1. The first-order valence-electron chi connectivity index (χ1n) is 19.4. The fourth-order valence-electron chi connectivity index (χ4n) is 12.9. The third-order valence-electron chi connectivity index (χ3n) is 15.8. The lowest BCUT2D eigenvalue weighted by molar-refractivity contribution is -0.235. The van der Waals surface area contributed by atoms with Gasteiger partial charge in [-0.2, -0.15) is 0 Å². The number of aliphatic hydroxyl groups excluding tert-OH is 1. The third-order valence-corrected chi connectivity index (χ3v) is 15.8. The van der Waals surface area contributed by atoms with Crippen LogP contribution in [0.2, 0.25) is 0 Å². The maximum absolute atomic E-state index is 14.0. The van der Waals surface area contributed by atoms with E-state index >= 15 is 0 Å². The summed E-state index contributed by atoms with van der Waals surface area (Å²) in [5, 5.41) is 25.2. The summed E-state index contributed by atoms with van der Waals surface area (Å²) in [7, 11) is 0. The van der Waals surface area contributed by atoms with Crippen molar-refractivity contribution in [1.82, 2.24) is 0 Å². The molecular formula is C43H63NO6. The third kappa shape index (κ3) is 5.49. The number of carbonyl (C=O) groups is 3. The van der Waals surface area contributed by atoms with E-state index in [2.05, 4.69) is 53.8 Å². The molecule has 5 aliphatic carbocycles. The van der Waals surface area contributed by atoms with Gasteiger partial charge in [0.2, 0.25) is 0 Å². The van der Waals surface area contributed by atoms with Gasteiger partial charge in [-0.3, -0.25) is 14.4 Å². The van der Waals surface area contributed by atoms with Crippen molar-refractivity contribution in [1.29, 1.82) is 0 Å². The number of aliphatic carboxylic acids is 1. The number of hydrogen-bond donors (Lipinski definition) is 3. The minimum absolute atomic E-state index is 0.00403. The second-order valence-corrected chi connectivity index (χ2v) is 19.3. The van der Waals surface area contributed by atoms with Crippen LogP contribution in [0.3, 0.4) is 0 Å². The number of hydrogen-bond acceptors (Lipinski definition) is 6. The van der Waals surface area contributed by atoms with Crippen molar-refractivity contribution < 1.29 is 29.3 Å². The average molecular weight is 690 g/mol. The van der Waals surface area contributed by atoms with E-state index in [1.54, 1.807) is 13.8 Å². The van der Waals surface area contributed by atoms with Gasteiger partial charge in [-0.15, -0.1) is 0 Å². The Kier molecular flexibility index (Phi) is 9.26. The van der Waals surface area contributed by atoms with E-state index in [0.29, 0.717) is 24.8 Å². The van der Waals surface area contributed by atoms with Crippen molar-refractivity contribution in [2.24, 2.45) is 56.2 Å². The number of rotatable bonds is 9. The Balaban J connectivity index is 1.28. The van der Waals surface area contributed by atoms with Crippen LogP contribution in [0.25, 0.3) is 0 Å². The van der Waals surface area contributed by atoms with Gasteiger partial charge in [-0.1, -0.05) is 72.2 Å². The van der Waals surface area contributed by atoms with Crippen molar-refractivity contribution in [3.8, 4) is 0 Å². The Labute approximate surface area is 300 Å². The monoisotopic (exact) mass is 689 g/mol. The predicted molar refractivity (Wildman–Crippen MR) is 196 cm³/mol. The number of carboxylic acids is 1. The highest BCUT2D eigenvalue weighted by Crippen LogP contribution is 2.77. The van der Waals surface area contributed by atoms with E-state index in [1.807, 2.05) is 30.3 Å². The Morgan fingerprint density at radius 3 is 2.24 bits per heavy atom. The van der Waals surface area contributed by atoms with Crippen molar-refractivity contribution in [3.63, 3.8) is 0 Å². The molecule has 7 nitrogen and oxygen atoms in total. The lowest BCUT2D eigenvalue weighted by atomic mass is 9.33. The molecule has 4 fully saturated rings. The first-order valence-corrected chi connectivity index (χ1v) is 19.4. The molecule has 0 bridgehead atoms. The summed E-state index contributed by atoms with van der Waals surface area (Å²) in [5.74, 6) is 0.0818. The molecule has 0 saturated heterocycles. The van der Waals surface area contributed by atoms with Crippen LogP contribution in [-0.4, -0.2) is 46.7 Å². The minimum atomic E-state index is -1.16. The molecule has 0 aromatic heterocycles. The van der Waals surface area contributed by atoms with E-state index in [-0.39, 0.29) is 51.8 Å². The number of ketones is 1. The zero-order valence-corrected chi connectivity index (χ0v) is 32.2. The number of esters is 1. The SMILES string of the molecule is CC(C)C1=C2C3CCC4C5(C)CCC(OC(=O)CC(C)(C)C(=O)O)C(C)(C)C5CCC4(C)C3(C)CCC2(C(O)CNc2ccccc2)CC1=O. The van der Waals surface area contributed by atoms with Crippen molar-refractivity contribution in [3.05, 3.63) is 41.5 Å². The molecule has 0 amide bonds. The number of fused-ring (bicyclic) bond motifs is 7. The van der Waals surface area contributed by atoms with E-state index in [1.165, 1.54) is 5.57 Å². The number of allylic oxidation sites excluding steroid dienone is 1. The fourth-order valence-corrected chi connectivity index (χ4v) is 12.9. The second-order valence-electron chi connectivity index (χ2n) is 19.3. The summed E-state index contributed by atoms with van der Waals surface area (Å²) in [6.07, 6.45) is 7.25. The van der Waals surface area contributed by atoms with Crippen LogP contribution in [0, 0.1) is 56.2 Å². The Hall–Kier alpha value is -2.67. The number of para-hydroxylation sites is 1.